The summed E-state index contributed by atoms with van der Waals surface area (Å²) in [5, 5.41) is 5.66. The van der Waals surface area contributed by atoms with E-state index in [1.54, 1.807) is 42.5 Å². The molecule has 0 fully saturated rings. The van der Waals surface area contributed by atoms with Crippen LogP contribution in [0, 0.1) is 0 Å². The number of carbonyl (C=O) groups is 2. The molecule has 6 nitrogen and oxygen atoms in total. The maximum Gasteiger partial charge on any atom is 0.312 e. The number of aromatic nitrogens is 2. The first kappa shape index (κ1) is 18.8. The van der Waals surface area contributed by atoms with Gasteiger partial charge in [-0.25, -0.2) is 4.68 Å². The minimum absolute atomic E-state index is 0.151. The van der Waals surface area contributed by atoms with E-state index >= 15 is 0 Å². The summed E-state index contributed by atoms with van der Waals surface area (Å²) in [4.78, 5) is 36.9. The molecule has 138 valence electrons. The molecule has 0 saturated heterocycles. The summed E-state index contributed by atoms with van der Waals surface area (Å²) in [5.41, 5.74) is 0.542. The van der Waals surface area contributed by atoms with Crippen LogP contribution in [0.1, 0.15) is 23.0 Å². The van der Waals surface area contributed by atoms with Crippen LogP contribution in [0.15, 0.2) is 53.3 Å². The highest BCUT2D eigenvalue weighted by molar-refractivity contribution is 6.31. The van der Waals surface area contributed by atoms with Crippen molar-refractivity contribution in [2.24, 2.45) is 7.05 Å². The van der Waals surface area contributed by atoms with Gasteiger partial charge in [0.2, 0.25) is 5.78 Å². The molecule has 1 aromatic heterocycles. The van der Waals surface area contributed by atoms with Gasteiger partial charge in [-0.15, -0.1) is 0 Å². The van der Waals surface area contributed by atoms with E-state index in [0.717, 1.165) is 0 Å². The van der Waals surface area contributed by atoms with E-state index in [2.05, 4.69) is 5.10 Å². The number of fused-ring (bicyclic) bond motifs is 1. The van der Waals surface area contributed by atoms with E-state index in [9.17, 15) is 14.4 Å². The molecular formula is C20H17ClN2O4. The molecule has 0 bridgehead atoms. The Morgan fingerprint density at radius 2 is 1.85 bits per heavy atom. The molecule has 7 heteroatoms. The lowest BCUT2D eigenvalue weighted by atomic mass is 10.1. The lowest BCUT2D eigenvalue weighted by Gasteiger charge is -2.13. The first-order valence-electron chi connectivity index (χ1n) is 8.31. The molecule has 1 unspecified atom stereocenters. The average molecular weight is 385 g/mol. The highest BCUT2D eigenvalue weighted by Gasteiger charge is 2.21. The quantitative estimate of drug-likeness (QED) is 0.499. The van der Waals surface area contributed by atoms with E-state index < -0.39 is 12.1 Å². The standard InChI is InChI=1S/C20H17ClN2O4/c1-12(19(25)13-6-5-7-14(21)10-13)27-18(24)11-17-15-8-3-4-9-16(15)20(26)23(2)22-17/h3-10,12H,11H2,1-2H3. The van der Waals surface area contributed by atoms with Gasteiger partial charge < -0.3 is 4.74 Å². The van der Waals surface area contributed by atoms with Crippen molar-refractivity contribution in [1.29, 1.82) is 0 Å². The maximum absolute atomic E-state index is 12.4. The van der Waals surface area contributed by atoms with Crippen molar-refractivity contribution in [3.63, 3.8) is 0 Å². The third-order valence-corrected chi connectivity index (χ3v) is 4.37. The fourth-order valence-corrected chi connectivity index (χ4v) is 3.00. The molecular weight excluding hydrogens is 368 g/mol. The molecule has 3 rings (SSSR count). The first-order valence-corrected chi connectivity index (χ1v) is 8.69. The summed E-state index contributed by atoms with van der Waals surface area (Å²) in [6.07, 6.45) is -1.11. The Labute approximate surface area is 160 Å². The molecule has 2 aromatic carbocycles. The fraction of sp³-hybridized carbons (Fsp3) is 0.200. The summed E-state index contributed by atoms with van der Waals surface area (Å²) in [6.45, 7) is 1.51. The fourth-order valence-electron chi connectivity index (χ4n) is 2.81. The number of hydrogen-bond acceptors (Lipinski definition) is 5. The molecule has 0 saturated carbocycles. The predicted octanol–water partition coefficient (Wildman–Crippen LogP) is 2.94. The zero-order valence-electron chi connectivity index (χ0n) is 14.8. The van der Waals surface area contributed by atoms with Crippen LogP contribution in [-0.2, 0) is 23.0 Å². The van der Waals surface area contributed by atoms with E-state index in [1.807, 2.05) is 0 Å². The largest absolute Gasteiger partial charge is 0.454 e. The third kappa shape index (κ3) is 4.06. The predicted molar refractivity (Wildman–Crippen MR) is 102 cm³/mol. The van der Waals surface area contributed by atoms with Gasteiger partial charge in [0.25, 0.3) is 5.56 Å². The number of nitrogens with zero attached hydrogens (tertiary/aromatic N) is 2. The Kier molecular flexibility index (Phi) is 5.37. The lowest BCUT2D eigenvalue weighted by Crippen LogP contribution is -2.27. The third-order valence-electron chi connectivity index (χ3n) is 4.13. The van der Waals surface area contributed by atoms with Crippen LogP contribution in [0.5, 0.6) is 0 Å². The first-order chi connectivity index (χ1) is 12.9. The lowest BCUT2D eigenvalue weighted by molar-refractivity contribution is -0.145. The molecule has 1 atom stereocenters. The number of benzene rings is 2. The zero-order valence-corrected chi connectivity index (χ0v) is 15.6. The number of rotatable bonds is 5. The van der Waals surface area contributed by atoms with Gasteiger partial charge in [0, 0.05) is 23.0 Å². The molecule has 3 aromatic rings. The average Bonchev–Trinajstić information content (AvgIpc) is 2.65. The van der Waals surface area contributed by atoms with Gasteiger partial charge in [0.1, 0.15) is 0 Å². The van der Waals surface area contributed by atoms with Crippen molar-refractivity contribution >= 4 is 34.1 Å². The second-order valence-corrected chi connectivity index (χ2v) is 6.54. The van der Waals surface area contributed by atoms with E-state index in [1.165, 1.54) is 24.7 Å². The van der Waals surface area contributed by atoms with Crippen LogP contribution in [-0.4, -0.2) is 27.6 Å². The minimum Gasteiger partial charge on any atom is -0.454 e. The smallest absolute Gasteiger partial charge is 0.312 e. The highest BCUT2D eigenvalue weighted by Crippen LogP contribution is 2.16. The Morgan fingerprint density at radius 1 is 1.15 bits per heavy atom. The molecule has 0 amide bonds. The molecule has 27 heavy (non-hydrogen) atoms. The number of hydrogen-bond donors (Lipinski definition) is 0. The Balaban J connectivity index is 1.78. The van der Waals surface area contributed by atoms with E-state index in [-0.39, 0.29) is 17.8 Å². The topological polar surface area (TPSA) is 78.3 Å². The number of halogens is 1. The summed E-state index contributed by atoms with van der Waals surface area (Å²) in [5.74, 6) is -0.946. The molecule has 1 heterocycles. The van der Waals surface area contributed by atoms with Crippen molar-refractivity contribution in [2.75, 3.05) is 0 Å². The van der Waals surface area contributed by atoms with Crippen LogP contribution in [0.25, 0.3) is 10.8 Å². The highest BCUT2D eigenvalue weighted by atomic mass is 35.5. The van der Waals surface area contributed by atoms with Gasteiger partial charge in [-0.3, -0.25) is 14.4 Å². The molecule has 0 N–H and O–H groups in total. The van der Waals surface area contributed by atoms with Gasteiger partial charge in [-0.2, -0.15) is 5.10 Å². The van der Waals surface area contributed by atoms with Gasteiger partial charge >= 0.3 is 5.97 Å². The van der Waals surface area contributed by atoms with E-state index in [0.29, 0.717) is 27.1 Å². The summed E-state index contributed by atoms with van der Waals surface area (Å²) in [6, 6.07) is 13.4. The number of carbonyl (C=O) groups excluding carboxylic acids is 2. The maximum atomic E-state index is 12.4. The molecule has 0 spiro atoms. The Morgan fingerprint density at radius 3 is 2.56 bits per heavy atom. The van der Waals surface area contributed by atoms with Crippen molar-refractivity contribution in [3.8, 4) is 0 Å². The summed E-state index contributed by atoms with van der Waals surface area (Å²) < 4.78 is 6.46. The van der Waals surface area contributed by atoms with Crippen molar-refractivity contribution in [1.82, 2.24) is 9.78 Å². The number of ether oxygens (including phenoxy) is 1. The monoisotopic (exact) mass is 384 g/mol. The summed E-state index contributed by atoms with van der Waals surface area (Å²) in [7, 11) is 1.52. The van der Waals surface area contributed by atoms with Crippen molar-refractivity contribution < 1.29 is 14.3 Å². The van der Waals surface area contributed by atoms with Crippen LogP contribution in [0.3, 0.4) is 0 Å². The minimum atomic E-state index is -0.963. The number of aryl methyl sites for hydroxylation is 1. The second kappa shape index (κ2) is 7.72. The molecule has 0 aliphatic rings. The van der Waals surface area contributed by atoms with E-state index in [4.69, 9.17) is 16.3 Å². The zero-order chi connectivity index (χ0) is 19.6. The van der Waals surface area contributed by atoms with Crippen molar-refractivity contribution in [2.45, 2.75) is 19.4 Å². The number of ketones is 1. The van der Waals surface area contributed by atoms with Crippen LogP contribution < -0.4 is 5.56 Å². The van der Waals surface area contributed by atoms with Crippen LogP contribution >= 0.6 is 11.6 Å². The summed E-state index contributed by atoms with van der Waals surface area (Å²) >= 11 is 5.89. The van der Waals surface area contributed by atoms with Crippen LogP contribution in [0.4, 0.5) is 0 Å². The molecule has 0 radical (unpaired) electrons. The van der Waals surface area contributed by atoms with Gasteiger partial charge in [0.15, 0.2) is 6.10 Å². The van der Waals surface area contributed by atoms with Gasteiger partial charge in [0.05, 0.1) is 17.5 Å². The van der Waals surface area contributed by atoms with Gasteiger partial charge in [-0.1, -0.05) is 41.9 Å². The Hall–Kier alpha value is -2.99. The SMILES string of the molecule is CC(OC(=O)Cc1nn(C)c(=O)c2ccccc12)C(=O)c1cccc(Cl)c1. The Bertz CT molecular complexity index is 1090. The van der Waals surface area contributed by atoms with Crippen LogP contribution in [0.2, 0.25) is 5.02 Å². The second-order valence-electron chi connectivity index (χ2n) is 6.10. The number of Topliss-reactive ketones (excluding diaryl/α,β-unsaturated/α-hetero) is 1. The van der Waals surface area contributed by atoms with Crippen molar-refractivity contribution in [3.05, 3.63) is 75.2 Å². The van der Waals surface area contributed by atoms with Gasteiger partial charge in [-0.05, 0) is 25.1 Å². The molecule has 0 aliphatic heterocycles. The molecule has 0 aliphatic carbocycles. The number of esters is 1. The normalized spacial score (nSPS) is 12.0.